The van der Waals surface area contributed by atoms with Crippen LogP contribution in [0.4, 0.5) is 10.1 Å². The molecule has 0 spiro atoms. The van der Waals surface area contributed by atoms with Crippen molar-refractivity contribution in [3.8, 4) is 0 Å². The number of rotatable bonds is 7. The van der Waals surface area contributed by atoms with E-state index >= 15 is 0 Å². The number of hydrazine groups is 1. The molecule has 3 aromatic rings. The number of carbonyl (C=O) groups is 3. The fourth-order valence-corrected chi connectivity index (χ4v) is 3.45. The lowest BCUT2D eigenvalue weighted by atomic mass is 10.1. The Labute approximate surface area is 177 Å². The fraction of sp³-hybridized carbons (Fsp3) is 0.136. The Morgan fingerprint density at radius 3 is 2.30 bits per heavy atom. The zero-order valence-electron chi connectivity index (χ0n) is 16.0. The maximum Gasteiger partial charge on any atom is 0.269 e. The summed E-state index contributed by atoms with van der Waals surface area (Å²) in [6.45, 7) is 0. The summed E-state index contributed by atoms with van der Waals surface area (Å²) in [4.78, 5) is 37.6. The highest BCUT2D eigenvalue weighted by atomic mass is 32.1. The van der Waals surface area contributed by atoms with E-state index in [0.717, 1.165) is 25.0 Å². The van der Waals surface area contributed by atoms with Crippen molar-refractivity contribution in [3.63, 3.8) is 0 Å². The van der Waals surface area contributed by atoms with Crippen LogP contribution in [-0.4, -0.2) is 17.7 Å². The topological polar surface area (TPSA) is 87.3 Å². The molecule has 0 saturated carbocycles. The van der Waals surface area contributed by atoms with Crippen molar-refractivity contribution in [3.05, 3.63) is 87.9 Å². The van der Waals surface area contributed by atoms with Gasteiger partial charge < -0.3 is 5.32 Å². The third kappa shape index (κ3) is 6.25. The third-order valence-electron chi connectivity index (χ3n) is 4.21. The Bertz CT molecular complexity index is 1020. The Morgan fingerprint density at radius 2 is 1.60 bits per heavy atom. The maximum absolute atomic E-state index is 12.9. The number of anilines is 1. The van der Waals surface area contributed by atoms with Crippen molar-refractivity contribution in [2.75, 3.05) is 5.32 Å². The SMILES string of the molecule is O=C(CCCc1cccs1)Nc1cccc(C(=O)NNC(=O)c2ccc(F)cc2)c1. The molecule has 8 heteroatoms. The first-order valence-corrected chi connectivity index (χ1v) is 10.2. The highest BCUT2D eigenvalue weighted by Crippen LogP contribution is 2.14. The van der Waals surface area contributed by atoms with Gasteiger partial charge in [-0.3, -0.25) is 25.2 Å². The van der Waals surface area contributed by atoms with Gasteiger partial charge in [0.15, 0.2) is 0 Å². The number of aryl methyl sites for hydroxylation is 1. The van der Waals surface area contributed by atoms with Crippen LogP contribution in [0.3, 0.4) is 0 Å². The molecular weight excluding hydrogens is 405 g/mol. The van der Waals surface area contributed by atoms with Crippen LogP contribution in [0.1, 0.15) is 38.4 Å². The number of amides is 3. The van der Waals surface area contributed by atoms with Crippen molar-refractivity contribution in [2.45, 2.75) is 19.3 Å². The molecule has 0 unspecified atom stereocenters. The van der Waals surface area contributed by atoms with Crippen LogP contribution in [0.2, 0.25) is 0 Å². The zero-order valence-corrected chi connectivity index (χ0v) is 16.8. The Balaban J connectivity index is 1.48. The minimum absolute atomic E-state index is 0.131. The second-order valence-corrected chi connectivity index (χ2v) is 7.51. The van der Waals surface area contributed by atoms with Crippen LogP contribution >= 0.6 is 11.3 Å². The molecule has 0 aliphatic heterocycles. The molecule has 3 rings (SSSR count). The number of hydrogen-bond acceptors (Lipinski definition) is 4. The van der Waals surface area contributed by atoms with E-state index in [9.17, 15) is 18.8 Å². The average Bonchev–Trinajstić information content (AvgIpc) is 3.26. The van der Waals surface area contributed by atoms with E-state index in [2.05, 4.69) is 16.2 Å². The van der Waals surface area contributed by atoms with Crippen LogP contribution < -0.4 is 16.2 Å². The van der Waals surface area contributed by atoms with E-state index in [-0.39, 0.29) is 17.0 Å². The van der Waals surface area contributed by atoms with Gasteiger partial charge in [0.1, 0.15) is 5.82 Å². The van der Waals surface area contributed by atoms with E-state index < -0.39 is 17.6 Å². The van der Waals surface area contributed by atoms with Crippen molar-refractivity contribution in [1.29, 1.82) is 0 Å². The summed E-state index contributed by atoms with van der Waals surface area (Å²) in [5, 5.41) is 4.78. The number of nitrogens with one attached hydrogen (secondary N) is 3. The first-order chi connectivity index (χ1) is 14.5. The van der Waals surface area contributed by atoms with E-state index in [1.165, 1.54) is 23.1 Å². The van der Waals surface area contributed by atoms with Gasteiger partial charge in [-0.15, -0.1) is 11.3 Å². The number of halogens is 1. The molecule has 0 aliphatic rings. The predicted molar refractivity (Wildman–Crippen MR) is 114 cm³/mol. The number of thiophene rings is 1. The lowest BCUT2D eigenvalue weighted by Gasteiger charge is -2.09. The molecule has 0 atom stereocenters. The van der Waals surface area contributed by atoms with Gasteiger partial charge in [-0.25, -0.2) is 4.39 Å². The lowest BCUT2D eigenvalue weighted by Crippen LogP contribution is -2.41. The molecule has 0 fully saturated rings. The fourth-order valence-electron chi connectivity index (χ4n) is 2.70. The zero-order chi connectivity index (χ0) is 21.3. The summed E-state index contributed by atoms with van der Waals surface area (Å²) in [7, 11) is 0. The lowest BCUT2D eigenvalue weighted by molar-refractivity contribution is -0.116. The number of benzene rings is 2. The quantitative estimate of drug-likeness (QED) is 0.502. The van der Waals surface area contributed by atoms with Gasteiger partial charge in [-0.05, 0) is 66.8 Å². The monoisotopic (exact) mass is 425 g/mol. The van der Waals surface area contributed by atoms with Gasteiger partial charge >= 0.3 is 0 Å². The summed E-state index contributed by atoms with van der Waals surface area (Å²) in [5.74, 6) is -1.70. The maximum atomic E-state index is 12.9. The van der Waals surface area contributed by atoms with Crippen molar-refractivity contribution < 1.29 is 18.8 Å². The molecule has 3 N–H and O–H groups in total. The van der Waals surface area contributed by atoms with Crippen LogP contribution in [0.5, 0.6) is 0 Å². The van der Waals surface area contributed by atoms with E-state index in [1.54, 1.807) is 29.5 Å². The summed E-state index contributed by atoms with van der Waals surface area (Å²) in [5.41, 5.74) is 5.54. The largest absolute Gasteiger partial charge is 0.326 e. The van der Waals surface area contributed by atoms with E-state index in [0.29, 0.717) is 12.1 Å². The highest BCUT2D eigenvalue weighted by Gasteiger charge is 2.11. The van der Waals surface area contributed by atoms with Crippen LogP contribution in [0.25, 0.3) is 0 Å². The van der Waals surface area contributed by atoms with E-state index in [4.69, 9.17) is 0 Å². The minimum Gasteiger partial charge on any atom is -0.326 e. The summed E-state index contributed by atoms with van der Waals surface area (Å²) in [6.07, 6.45) is 1.96. The minimum atomic E-state index is -0.571. The summed E-state index contributed by atoms with van der Waals surface area (Å²) >= 11 is 1.67. The second kappa shape index (κ2) is 10.3. The standard InChI is InChI=1S/C22H20FN3O3S/c23-17-11-9-15(10-12-17)21(28)25-26-22(29)16-4-1-5-18(14-16)24-20(27)8-2-6-19-7-3-13-30-19/h1,3-5,7,9-14H,2,6,8H2,(H,24,27)(H,25,28)(H,26,29). The predicted octanol–water partition coefficient (Wildman–Crippen LogP) is 3.92. The molecule has 30 heavy (non-hydrogen) atoms. The highest BCUT2D eigenvalue weighted by molar-refractivity contribution is 7.09. The molecule has 6 nitrogen and oxygen atoms in total. The van der Waals surface area contributed by atoms with Crippen LogP contribution in [0.15, 0.2) is 66.0 Å². The molecule has 0 bridgehead atoms. The molecule has 3 amide bonds. The summed E-state index contributed by atoms with van der Waals surface area (Å²) in [6, 6.07) is 15.4. The summed E-state index contributed by atoms with van der Waals surface area (Å²) < 4.78 is 12.9. The number of hydrogen-bond donors (Lipinski definition) is 3. The Morgan fingerprint density at radius 1 is 0.867 bits per heavy atom. The number of carbonyl (C=O) groups excluding carboxylic acids is 3. The molecule has 0 aliphatic carbocycles. The molecule has 2 aromatic carbocycles. The molecular formula is C22H20FN3O3S. The molecule has 0 radical (unpaired) electrons. The van der Waals surface area contributed by atoms with Gasteiger partial charge in [0, 0.05) is 28.1 Å². The average molecular weight is 425 g/mol. The van der Waals surface area contributed by atoms with E-state index in [1.807, 2.05) is 17.5 Å². The molecule has 0 saturated heterocycles. The molecule has 154 valence electrons. The Hall–Kier alpha value is -3.52. The smallest absolute Gasteiger partial charge is 0.269 e. The van der Waals surface area contributed by atoms with Crippen LogP contribution in [0, 0.1) is 5.82 Å². The first kappa shape index (κ1) is 21.2. The van der Waals surface area contributed by atoms with Gasteiger partial charge in [0.2, 0.25) is 5.91 Å². The van der Waals surface area contributed by atoms with Crippen molar-refractivity contribution in [1.82, 2.24) is 10.9 Å². The second-order valence-electron chi connectivity index (χ2n) is 6.48. The van der Waals surface area contributed by atoms with Crippen molar-refractivity contribution >= 4 is 34.7 Å². The Kier molecular flexibility index (Phi) is 7.29. The van der Waals surface area contributed by atoms with Gasteiger partial charge in [0.25, 0.3) is 11.8 Å². The van der Waals surface area contributed by atoms with Crippen LogP contribution in [-0.2, 0) is 11.2 Å². The van der Waals surface area contributed by atoms with Crippen molar-refractivity contribution in [2.24, 2.45) is 0 Å². The van der Waals surface area contributed by atoms with Gasteiger partial charge in [-0.1, -0.05) is 12.1 Å². The van der Waals surface area contributed by atoms with Gasteiger partial charge in [0.05, 0.1) is 0 Å². The van der Waals surface area contributed by atoms with Gasteiger partial charge in [-0.2, -0.15) is 0 Å². The normalized spacial score (nSPS) is 10.3. The molecule has 1 heterocycles. The third-order valence-corrected chi connectivity index (χ3v) is 5.15. The molecule has 1 aromatic heterocycles. The first-order valence-electron chi connectivity index (χ1n) is 9.30.